The molecule has 0 spiro atoms. The van der Waals surface area contributed by atoms with E-state index < -0.39 is 18.7 Å². The maximum absolute atomic E-state index is 11.1. The molecule has 16 heavy (non-hydrogen) atoms. The predicted octanol–water partition coefficient (Wildman–Crippen LogP) is 2.73. The van der Waals surface area contributed by atoms with Gasteiger partial charge in [0.25, 0.3) is 0 Å². The zero-order valence-electron chi connectivity index (χ0n) is 11.3. The molecule has 0 aliphatic carbocycles. The van der Waals surface area contributed by atoms with E-state index in [1.807, 2.05) is 0 Å². The average Bonchev–Trinajstić information content (AvgIpc) is 2.27. The van der Waals surface area contributed by atoms with Crippen LogP contribution in [-0.2, 0) is 4.79 Å². The van der Waals surface area contributed by atoms with Gasteiger partial charge in [0.15, 0.2) is 0 Å². The third kappa shape index (κ3) is 1.84. The number of hydrogen-bond acceptors (Lipinski definition) is 2. The van der Waals surface area contributed by atoms with Crippen molar-refractivity contribution in [3.05, 3.63) is 42.0 Å². The largest absolute Gasteiger partial charge is 0.508 e. The van der Waals surface area contributed by atoms with E-state index in [1.54, 1.807) is 12.1 Å². The van der Waals surface area contributed by atoms with Crippen LogP contribution in [0, 0.1) is 0 Å². The summed E-state index contributed by atoms with van der Waals surface area (Å²) >= 11 is 0. The van der Waals surface area contributed by atoms with Crippen LogP contribution in [0.4, 0.5) is 0 Å². The summed E-state index contributed by atoms with van der Waals surface area (Å²) in [5, 5.41) is 19.8. The molecule has 0 amide bonds. The highest BCUT2D eigenvalue weighted by Crippen LogP contribution is 2.24. The number of aromatic hydroxyl groups is 1. The summed E-state index contributed by atoms with van der Waals surface area (Å²) in [5.74, 6) is -2.82. The van der Waals surface area contributed by atoms with Crippen molar-refractivity contribution in [1.82, 2.24) is 0 Å². The van der Waals surface area contributed by atoms with Crippen molar-refractivity contribution in [2.45, 2.75) is 12.8 Å². The molecule has 2 rings (SSSR count). The van der Waals surface area contributed by atoms with Gasteiger partial charge in [0.2, 0.25) is 0 Å². The van der Waals surface area contributed by atoms with Gasteiger partial charge >= 0.3 is 5.97 Å². The van der Waals surface area contributed by atoms with Gasteiger partial charge in [-0.05, 0) is 35.3 Å². The maximum atomic E-state index is 11.1. The molecule has 0 heterocycles. The van der Waals surface area contributed by atoms with Crippen LogP contribution in [0.3, 0.4) is 0 Å². The normalized spacial score (nSPS) is 16.1. The van der Waals surface area contributed by atoms with E-state index in [9.17, 15) is 9.90 Å². The van der Waals surface area contributed by atoms with Crippen molar-refractivity contribution < 1.29 is 19.1 Å². The highest BCUT2D eigenvalue weighted by molar-refractivity contribution is 5.86. The van der Waals surface area contributed by atoms with E-state index >= 15 is 0 Å². The van der Waals surface area contributed by atoms with Crippen LogP contribution in [0.5, 0.6) is 5.75 Å². The number of phenols is 1. The topological polar surface area (TPSA) is 57.5 Å². The molecule has 1 unspecified atom stereocenters. The summed E-state index contributed by atoms with van der Waals surface area (Å²) in [7, 11) is 0. The lowest BCUT2D eigenvalue weighted by Crippen LogP contribution is -2.06. The van der Waals surface area contributed by atoms with Gasteiger partial charge in [0, 0.05) is 4.11 Å². The van der Waals surface area contributed by atoms with Gasteiger partial charge < -0.3 is 10.2 Å². The molecule has 0 aliphatic heterocycles. The second-order valence-electron chi connectivity index (χ2n) is 3.56. The first-order valence-electron chi connectivity index (χ1n) is 6.24. The molecule has 3 nitrogen and oxygen atoms in total. The second-order valence-corrected chi connectivity index (χ2v) is 3.56. The van der Waals surface area contributed by atoms with E-state index in [0.717, 1.165) is 5.39 Å². The lowest BCUT2D eigenvalue weighted by molar-refractivity contribution is -0.138. The van der Waals surface area contributed by atoms with Crippen LogP contribution < -0.4 is 0 Å². The number of fused-ring (bicyclic) bond motifs is 1. The molecule has 82 valence electrons. The number of phenolic OH excluding ortho intramolecular Hbond substituents is 1. The molecule has 0 bridgehead atoms. The fourth-order valence-electron chi connectivity index (χ4n) is 1.57. The minimum atomic E-state index is -2.60. The fourth-order valence-corrected chi connectivity index (χ4v) is 1.57. The highest BCUT2D eigenvalue weighted by Gasteiger charge is 2.13. The second kappa shape index (κ2) is 3.85. The lowest BCUT2D eigenvalue weighted by Gasteiger charge is -2.08. The van der Waals surface area contributed by atoms with E-state index in [-0.39, 0.29) is 11.3 Å². The summed E-state index contributed by atoms with van der Waals surface area (Å²) in [6.45, 7) is -2.60. The Morgan fingerprint density at radius 1 is 1.25 bits per heavy atom. The maximum Gasteiger partial charge on any atom is 0.310 e. The summed E-state index contributed by atoms with van der Waals surface area (Å²) in [5.41, 5.74) is 0.227. The van der Waals surface area contributed by atoms with Gasteiger partial charge in [-0.3, -0.25) is 4.79 Å². The molecule has 0 aliphatic rings. The minimum Gasteiger partial charge on any atom is -0.508 e. The standard InChI is InChI=1S/C13H12O3/c1-8(13(15)16)9-2-3-11-7-12(14)5-4-10(11)6-9/h2-8,14H,1H3,(H,15,16)/i1D3. The quantitative estimate of drug-likeness (QED) is 0.816. The van der Waals surface area contributed by atoms with Crippen LogP contribution in [0.2, 0.25) is 0 Å². The monoisotopic (exact) mass is 219 g/mol. The number of benzene rings is 2. The molecular formula is C13H12O3. The third-order valence-corrected chi connectivity index (χ3v) is 2.43. The van der Waals surface area contributed by atoms with Gasteiger partial charge in [-0.25, -0.2) is 0 Å². The molecule has 3 heteroatoms. The summed E-state index contributed by atoms with van der Waals surface area (Å²) in [6.07, 6.45) is 0. The van der Waals surface area contributed by atoms with Gasteiger partial charge in [-0.15, -0.1) is 0 Å². The Labute approximate surface area is 97.2 Å². The van der Waals surface area contributed by atoms with E-state index in [0.29, 0.717) is 5.39 Å². The first kappa shape index (κ1) is 7.28. The van der Waals surface area contributed by atoms with Crippen molar-refractivity contribution in [3.8, 4) is 5.75 Å². The van der Waals surface area contributed by atoms with Crippen LogP contribution in [-0.4, -0.2) is 16.2 Å². The first-order valence-corrected chi connectivity index (χ1v) is 4.74. The van der Waals surface area contributed by atoms with Gasteiger partial charge in [-0.1, -0.05) is 24.3 Å². The zero-order chi connectivity index (χ0) is 14.2. The summed E-state index contributed by atoms with van der Waals surface area (Å²) in [6, 6.07) is 9.22. The SMILES string of the molecule is [2H]C([2H])([2H])C(C(=O)O)c1ccc2cc(O)ccc2c1. The molecule has 0 saturated heterocycles. The number of aliphatic carboxylic acids is 1. The zero-order valence-corrected chi connectivity index (χ0v) is 8.34. The van der Waals surface area contributed by atoms with Crippen LogP contribution in [0.25, 0.3) is 10.8 Å². The van der Waals surface area contributed by atoms with Crippen LogP contribution in [0.15, 0.2) is 36.4 Å². The third-order valence-electron chi connectivity index (χ3n) is 2.43. The van der Waals surface area contributed by atoms with Gasteiger partial charge in [-0.2, -0.15) is 0 Å². The van der Waals surface area contributed by atoms with Crippen molar-refractivity contribution in [3.63, 3.8) is 0 Å². The average molecular weight is 219 g/mol. The van der Waals surface area contributed by atoms with Crippen molar-refractivity contribution in [2.24, 2.45) is 0 Å². The number of rotatable bonds is 2. The molecule has 0 radical (unpaired) electrons. The Bertz CT molecular complexity index is 635. The van der Waals surface area contributed by atoms with E-state index in [2.05, 4.69) is 0 Å². The number of carboxylic acid groups (broad SMARTS) is 1. The molecular weight excluding hydrogens is 204 g/mol. The minimum absolute atomic E-state index is 0.103. The first-order chi connectivity index (χ1) is 8.79. The molecule has 2 aromatic rings. The summed E-state index contributed by atoms with van der Waals surface area (Å²) < 4.78 is 21.9. The number of carbonyl (C=O) groups is 1. The van der Waals surface area contributed by atoms with Crippen molar-refractivity contribution >= 4 is 16.7 Å². The van der Waals surface area contributed by atoms with Gasteiger partial charge in [0.05, 0.1) is 5.92 Å². The Morgan fingerprint density at radius 2 is 1.94 bits per heavy atom. The molecule has 0 fully saturated rings. The van der Waals surface area contributed by atoms with E-state index in [1.165, 1.54) is 24.3 Å². The smallest absolute Gasteiger partial charge is 0.310 e. The molecule has 2 aromatic carbocycles. The Hall–Kier alpha value is -2.03. The Balaban J connectivity index is 2.56. The molecule has 1 atom stereocenters. The van der Waals surface area contributed by atoms with Crippen molar-refractivity contribution in [1.29, 1.82) is 0 Å². The van der Waals surface area contributed by atoms with Crippen LogP contribution >= 0.6 is 0 Å². The number of hydrogen-bond donors (Lipinski definition) is 2. The Morgan fingerprint density at radius 3 is 2.62 bits per heavy atom. The lowest BCUT2D eigenvalue weighted by atomic mass is 9.98. The van der Waals surface area contributed by atoms with E-state index in [4.69, 9.17) is 9.22 Å². The fraction of sp³-hybridized carbons (Fsp3) is 0.154. The van der Waals surface area contributed by atoms with Gasteiger partial charge in [0.1, 0.15) is 5.75 Å². The summed E-state index contributed by atoms with van der Waals surface area (Å²) in [4.78, 5) is 11.1. The number of carboxylic acids is 1. The predicted molar refractivity (Wildman–Crippen MR) is 61.7 cm³/mol. The molecule has 2 N–H and O–H groups in total. The molecule has 0 aromatic heterocycles. The van der Waals surface area contributed by atoms with Crippen LogP contribution in [0.1, 0.15) is 22.4 Å². The Kier molecular flexibility index (Phi) is 1.75. The highest BCUT2D eigenvalue weighted by atomic mass is 16.4. The van der Waals surface area contributed by atoms with Crippen molar-refractivity contribution in [2.75, 3.05) is 0 Å². The molecule has 0 saturated carbocycles.